The molecule has 9 nitrogen and oxygen atoms in total. The quantitative estimate of drug-likeness (QED) is 0.325. The maximum absolute atomic E-state index is 10.5. The van der Waals surface area contributed by atoms with E-state index in [0.29, 0.717) is 12.5 Å². The van der Waals surface area contributed by atoms with Crippen LogP contribution in [0.2, 0.25) is 0 Å². The number of carbonyl (C=O) groups excluding carboxylic acids is 2. The first kappa shape index (κ1) is 24.8. The molecule has 10 heteroatoms. The Morgan fingerprint density at radius 1 is 1.22 bits per heavy atom. The molecule has 1 aliphatic rings. The Hall–Kier alpha value is -0.412. The van der Waals surface area contributed by atoms with E-state index in [4.69, 9.17) is 26.8 Å². The average Bonchev–Trinajstić information content (AvgIpc) is 2.52. The van der Waals surface area contributed by atoms with E-state index in [1.165, 1.54) is 12.8 Å². The molecule has 1 aliphatic carbocycles. The van der Waals surface area contributed by atoms with E-state index < -0.39 is 30.4 Å². The molecular formula is C13H22N2O7Pt. The van der Waals surface area contributed by atoms with Crippen molar-refractivity contribution >= 4 is 12.3 Å². The topological polar surface area (TPSA) is 189 Å². The molecule has 23 heavy (non-hydrogen) atoms. The zero-order valence-electron chi connectivity index (χ0n) is 12.4. The van der Waals surface area contributed by atoms with E-state index in [0.717, 1.165) is 12.8 Å². The van der Waals surface area contributed by atoms with Crippen molar-refractivity contribution in [2.45, 2.75) is 56.1 Å². The van der Waals surface area contributed by atoms with Crippen LogP contribution in [0, 0.1) is 5.92 Å². The van der Waals surface area contributed by atoms with Gasteiger partial charge in [0.25, 0.3) is 0 Å². The van der Waals surface area contributed by atoms with Gasteiger partial charge < -0.3 is 46.6 Å². The van der Waals surface area contributed by atoms with Crippen LogP contribution in [0.4, 0.5) is 0 Å². The van der Waals surface area contributed by atoms with Gasteiger partial charge in [0.05, 0.1) is 6.10 Å². The monoisotopic (exact) mass is 513 g/mol. The second-order valence-electron chi connectivity index (χ2n) is 5.20. The standard InChI is InChI=1S/C7H14N2.C6H9O7.Pt/c8-5-6-3-1-2-4-7(6)9;7-1-2(8)3(9)4(10)5(11)6(12)13;/h6-9H,1-5H2;1-5,8-10H,(H,12,13);/q-2;-1;+4/p-1. The molecule has 0 heterocycles. The number of hydrogen-bond acceptors (Lipinski definition) is 7. The van der Waals surface area contributed by atoms with Crippen LogP contribution >= 0.6 is 0 Å². The minimum Gasteiger partial charge on any atom is -0.846 e. The van der Waals surface area contributed by atoms with Crippen molar-refractivity contribution in [3.05, 3.63) is 11.5 Å². The summed E-state index contributed by atoms with van der Waals surface area (Å²) in [4.78, 5) is 19.7. The number of rotatable bonds is 6. The number of aliphatic hydroxyl groups excluding tert-OH is 3. The average molecular weight is 513 g/mol. The van der Waals surface area contributed by atoms with Crippen molar-refractivity contribution in [2.75, 3.05) is 6.54 Å². The number of nitrogens with one attached hydrogen (secondary N) is 2. The Balaban J connectivity index is 0. The minimum absolute atomic E-state index is 0. The summed E-state index contributed by atoms with van der Waals surface area (Å²) >= 11 is 0. The Morgan fingerprint density at radius 2 is 1.74 bits per heavy atom. The smallest absolute Gasteiger partial charge is 0.846 e. The largest absolute Gasteiger partial charge is 4.00 e. The maximum Gasteiger partial charge on any atom is 4.00 e. The van der Waals surface area contributed by atoms with E-state index in [1.54, 1.807) is 0 Å². The molecule has 0 aliphatic heterocycles. The van der Waals surface area contributed by atoms with Gasteiger partial charge in [-0.05, 0) is 0 Å². The van der Waals surface area contributed by atoms with Gasteiger partial charge in [0, 0.05) is 5.97 Å². The molecule has 0 aromatic rings. The third-order valence-corrected chi connectivity index (χ3v) is 3.55. The molecule has 0 bridgehead atoms. The van der Waals surface area contributed by atoms with Crippen LogP contribution in [0.25, 0.3) is 11.5 Å². The van der Waals surface area contributed by atoms with Gasteiger partial charge in [-0.15, -0.1) is 12.6 Å². The van der Waals surface area contributed by atoms with Crippen molar-refractivity contribution in [3.63, 3.8) is 0 Å². The first-order valence-corrected chi connectivity index (χ1v) is 6.98. The summed E-state index contributed by atoms with van der Waals surface area (Å²) in [5.41, 5.74) is 14.6. The fourth-order valence-corrected chi connectivity index (χ4v) is 2.05. The van der Waals surface area contributed by atoms with Crippen LogP contribution in [-0.2, 0) is 30.7 Å². The molecule has 6 atom stereocenters. The van der Waals surface area contributed by atoms with Gasteiger partial charge >= 0.3 is 21.1 Å². The SMILES string of the molecule is O=CC(O)C(O)C(O)C([O-])C(=O)[O-].[NH-]CC1CCCCC1[NH-].[Pt+4]. The predicted octanol–water partition coefficient (Wildman–Crippen LogP) is -2.61. The van der Waals surface area contributed by atoms with E-state index in [1.807, 2.05) is 0 Å². The van der Waals surface area contributed by atoms with Crippen molar-refractivity contribution < 1.29 is 56.2 Å². The summed E-state index contributed by atoms with van der Waals surface area (Å²) in [6.07, 6.45) is -4.53. The van der Waals surface area contributed by atoms with E-state index >= 15 is 0 Å². The second kappa shape index (κ2) is 12.9. The minimum atomic E-state index is -2.61. The van der Waals surface area contributed by atoms with Gasteiger partial charge in [-0.3, -0.25) is 0 Å². The van der Waals surface area contributed by atoms with Crippen LogP contribution in [0.1, 0.15) is 25.7 Å². The molecular weight excluding hydrogens is 491 g/mol. The molecule has 0 amide bonds. The Bertz CT molecular complexity index is 348. The molecule has 6 unspecified atom stereocenters. The van der Waals surface area contributed by atoms with Crippen molar-refractivity contribution in [1.29, 1.82) is 0 Å². The number of carbonyl (C=O) groups is 2. The van der Waals surface area contributed by atoms with Gasteiger partial charge in [-0.25, -0.2) is 0 Å². The van der Waals surface area contributed by atoms with Gasteiger partial charge in [-0.2, -0.15) is 0 Å². The van der Waals surface area contributed by atoms with Crippen molar-refractivity contribution in [3.8, 4) is 0 Å². The second-order valence-corrected chi connectivity index (χ2v) is 5.20. The van der Waals surface area contributed by atoms with Gasteiger partial charge in [0.2, 0.25) is 0 Å². The number of hydrogen-bond donors (Lipinski definition) is 3. The van der Waals surface area contributed by atoms with Crippen molar-refractivity contribution in [2.24, 2.45) is 5.92 Å². The Morgan fingerprint density at radius 3 is 2.09 bits per heavy atom. The predicted molar refractivity (Wildman–Crippen MR) is 72.1 cm³/mol. The van der Waals surface area contributed by atoms with Crippen LogP contribution < -0.4 is 10.2 Å². The van der Waals surface area contributed by atoms with E-state index in [2.05, 4.69) is 0 Å². The molecule has 0 aromatic carbocycles. The summed E-state index contributed by atoms with van der Waals surface area (Å²) in [5.74, 6) is -1.73. The molecule has 1 saturated carbocycles. The molecule has 0 saturated heterocycles. The molecule has 5 N–H and O–H groups in total. The third kappa shape index (κ3) is 8.85. The summed E-state index contributed by atoms with van der Waals surface area (Å²) in [5, 5.41) is 46.5. The maximum atomic E-state index is 10.5. The summed E-state index contributed by atoms with van der Waals surface area (Å²) < 4.78 is 0. The number of carboxylic acids is 1. The van der Waals surface area contributed by atoms with Gasteiger partial charge in [0.1, 0.15) is 12.2 Å². The van der Waals surface area contributed by atoms with Gasteiger partial charge in [-0.1, -0.05) is 37.7 Å². The fraction of sp³-hybridized carbons (Fsp3) is 0.846. The number of aliphatic hydroxyl groups is 3. The first-order valence-electron chi connectivity index (χ1n) is 6.98. The van der Waals surface area contributed by atoms with E-state index in [-0.39, 0.29) is 33.4 Å². The number of aliphatic carboxylic acids is 1. The molecule has 136 valence electrons. The van der Waals surface area contributed by atoms with Crippen LogP contribution in [-0.4, -0.2) is 64.6 Å². The molecule has 1 fully saturated rings. The Labute approximate surface area is 148 Å². The molecule has 1 rings (SSSR count). The summed E-state index contributed by atoms with van der Waals surface area (Å²) in [6, 6.07) is 0.0799. The third-order valence-electron chi connectivity index (χ3n) is 3.55. The van der Waals surface area contributed by atoms with Gasteiger partial charge in [0.15, 0.2) is 6.29 Å². The zero-order chi connectivity index (χ0) is 17.3. The van der Waals surface area contributed by atoms with E-state index in [9.17, 15) is 19.8 Å². The molecule has 0 spiro atoms. The Kier molecular flexibility index (Phi) is 14.0. The fourth-order valence-electron chi connectivity index (χ4n) is 2.05. The van der Waals surface area contributed by atoms with Crippen LogP contribution in [0.15, 0.2) is 0 Å². The van der Waals surface area contributed by atoms with Crippen molar-refractivity contribution in [1.82, 2.24) is 0 Å². The number of aldehydes is 1. The summed E-state index contributed by atoms with van der Waals surface area (Å²) in [6.45, 7) is 0.466. The molecule has 0 radical (unpaired) electrons. The van der Waals surface area contributed by atoms with Crippen LogP contribution in [0.5, 0.6) is 0 Å². The summed E-state index contributed by atoms with van der Waals surface area (Å²) in [7, 11) is 0. The van der Waals surface area contributed by atoms with Crippen LogP contribution in [0.3, 0.4) is 0 Å². The normalized spacial score (nSPS) is 25.7. The molecule has 0 aromatic heterocycles. The number of carboxylic acid groups (broad SMARTS) is 1. The zero-order valence-corrected chi connectivity index (χ0v) is 14.6. The first-order chi connectivity index (χ1) is 10.3.